The van der Waals surface area contributed by atoms with Crippen LogP contribution in [-0.4, -0.2) is 73.2 Å². The van der Waals surface area contributed by atoms with Gasteiger partial charge in [-0.15, -0.1) is 0 Å². The van der Waals surface area contributed by atoms with Crippen molar-refractivity contribution in [2.75, 3.05) is 51.1 Å². The third kappa shape index (κ3) is 8.00. The minimum atomic E-state index is -0.475. The highest BCUT2D eigenvalue weighted by Gasteiger charge is 2.38. The number of methoxy groups -OCH3 is 1. The van der Waals surface area contributed by atoms with Crippen molar-refractivity contribution in [3.63, 3.8) is 0 Å². The van der Waals surface area contributed by atoms with Crippen molar-refractivity contribution >= 4 is 28.7 Å². The molecule has 0 aromatic heterocycles. The number of ether oxygens (including phenoxy) is 4. The summed E-state index contributed by atoms with van der Waals surface area (Å²) >= 11 is 2.33. The molecule has 0 bridgehead atoms. The number of carbonyl (C=O) groups excluding carboxylic acids is 1. The highest BCUT2D eigenvalue weighted by Crippen LogP contribution is 2.28. The molecule has 1 aliphatic heterocycles. The molecule has 0 N–H and O–H groups in total. The summed E-state index contributed by atoms with van der Waals surface area (Å²) in [6.45, 7) is 9.16. The number of hydrogen-bond donors (Lipinski definition) is 0. The van der Waals surface area contributed by atoms with Crippen LogP contribution >= 0.6 is 22.6 Å². The molecule has 0 aromatic carbocycles. The van der Waals surface area contributed by atoms with Crippen molar-refractivity contribution in [1.29, 1.82) is 0 Å². The van der Waals surface area contributed by atoms with Gasteiger partial charge in [0.25, 0.3) is 0 Å². The van der Waals surface area contributed by atoms with Gasteiger partial charge in [0.2, 0.25) is 0 Å². The monoisotopic (exact) mass is 443 g/mol. The molecule has 0 aliphatic carbocycles. The summed E-state index contributed by atoms with van der Waals surface area (Å²) in [5.41, 5.74) is -0.780. The Morgan fingerprint density at radius 3 is 2.52 bits per heavy atom. The fourth-order valence-electron chi connectivity index (χ4n) is 2.41. The molecule has 1 unspecified atom stereocenters. The summed E-state index contributed by atoms with van der Waals surface area (Å²) in [5.74, 6) is 0. The lowest BCUT2D eigenvalue weighted by Gasteiger charge is -2.41. The van der Waals surface area contributed by atoms with Crippen LogP contribution in [0.2, 0.25) is 0 Å². The van der Waals surface area contributed by atoms with Gasteiger partial charge >= 0.3 is 6.09 Å². The number of amides is 1. The molecule has 0 spiro atoms. The van der Waals surface area contributed by atoms with Gasteiger partial charge in [-0.25, -0.2) is 4.79 Å². The average molecular weight is 443 g/mol. The first kappa shape index (κ1) is 20.9. The van der Waals surface area contributed by atoms with Gasteiger partial charge in [0.15, 0.2) is 0 Å². The van der Waals surface area contributed by atoms with Gasteiger partial charge < -0.3 is 23.8 Å². The largest absolute Gasteiger partial charge is 0.444 e. The maximum absolute atomic E-state index is 12.3. The topological polar surface area (TPSA) is 57.2 Å². The zero-order valence-corrected chi connectivity index (χ0v) is 16.9. The summed E-state index contributed by atoms with van der Waals surface area (Å²) in [5, 5.41) is 0. The van der Waals surface area contributed by atoms with Crippen molar-refractivity contribution in [1.82, 2.24) is 4.90 Å². The van der Waals surface area contributed by atoms with Gasteiger partial charge in [0.1, 0.15) is 5.60 Å². The SMILES string of the molecule is COCCOCCOC1(CI)CCCN(C(=O)OC(C)(C)C)C1. The number of piperidine rings is 1. The number of likely N-dealkylation sites (tertiary alicyclic amines) is 1. The first-order chi connectivity index (χ1) is 10.8. The molecule has 0 saturated carbocycles. The minimum absolute atomic E-state index is 0.258. The molecule has 0 radical (unpaired) electrons. The number of alkyl halides is 1. The molecule has 1 rings (SSSR count). The lowest BCUT2D eigenvalue weighted by atomic mass is 9.95. The van der Waals surface area contributed by atoms with Crippen molar-refractivity contribution < 1.29 is 23.7 Å². The predicted octanol–water partition coefficient (Wildman–Crippen LogP) is 2.87. The molecule has 1 amide bonds. The molecular weight excluding hydrogens is 413 g/mol. The van der Waals surface area contributed by atoms with Gasteiger partial charge in [-0.2, -0.15) is 0 Å². The van der Waals surface area contributed by atoms with Gasteiger partial charge in [-0.05, 0) is 33.6 Å². The summed E-state index contributed by atoms with van der Waals surface area (Å²) in [6, 6.07) is 0. The highest BCUT2D eigenvalue weighted by molar-refractivity contribution is 14.1. The molecule has 0 aromatic rings. The molecule has 1 aliphatic rings. The lowest BCUT2D eigenvalue weighted by molar-refractivity contribution is -0.0907. The van der Waals surface area contributed by atoms with E-state index in [1.54, 1.807) is 12.0 Å². The second-order valence-electron chi connectivity index (χ2n) is 6.78. The van der Waals surface area contributed by atoms with Crippen LogP contribution < -0.4 is 0 Å². The standard InChI is InChI=1S/C16H30INO5/c1-15(2,3)23-14(19)18-7-5-6-16(12-17,13-18)22-11-10-21-9-8-20-4/h5-13H2,1-4H3. The number of hydrogen-bond acceptors (Lipinski definition) is 5. The quantitative estimate of drug-likeness (QED) is 0.328. The van der Waals surface area contributed by atoms with E-state index >= 15 is 0 Å². The summed E-state index contributed by atoms with van der Waals surface area (Å²) in [4.78, 5) is 14.0. The van der Waals surface area contributed by atoms with E-state index in [-0.39, 0.29) is 11.7 Å². The van der Waals surface area contributed by atoms with Gasteiger partial charge in [0.05, 0.1) is 38.6 Å². The Labute approximate surface area is 153 Å². The molecule has 1 saturated heterocycles. The van der Waals surface area contributed by atoms with Gasteiger partial charge in [0, 0.05) is 18.1 Å². The Morgan fingerprint density at radius 1 is 1.22 bits per heavy atom. The zero-order chi connectivity index (χ0) is 17.3. The van der Waals surface area contributed by atoms with E-state index < -0.39 is 5.60 Å². The Bertz CT molecular complexity index is 361. The Hall–Kier alpha value is -0.120. The fraction of sp³-hybridized carbons (Fsp3) is 0.938. The van der Waals surface area contributed by atoms with Crippen molar-refractivity contribution in [2.24, 2.45) is 0 Å². The van der Waals surface area contributed by atoms with Crippen LogP contribution in [-0.2, 0) is 18.9 Å². The van der Waals surface area contributed by atoms with E-state index in [0.717, 1.165) is 23.8 Å². The third-order valence-electron chi connectivity index (χ3n) is 3.50. The summed E-state index contributed by atoms with van der Waals surface area (Å²) in [6.07, 6.45) is 1.62. The van der Waals surface area contributed by atoms with Gasteiger partial charge in [-0.1, -0.05) is 22.6 Å². The molecule has 1 atom stereocenters. The van der Waals surface area contributed by atoms with E-state index in [9.17, 15) is 4.79 Å². The van der Waals surface area contributed by atoms with Crippen LogP contribution in [0.15, 0.2) is 0 Å². The van der Waals surface area contributed by atoms with Crippen molar-refractivity contribution in [3.05, 3.63) is 0 Å². The number of rotatable bonds is 8. The van der Waals surface area contributed by atoms with E-state index in [0.29, 0.717) is 33.0 Å². The second kappa shape index (κ2) is 10.0. The fourth-order valence-corrected chi connectivity index (χ4v) is 3.25. The Balaban J connectivity index is 2.46. The second-order valence-corrected chi connectivity index (χ2v) is 7.54. The van der Waals surface area contributed by atoms with Gasteiger partial charge in [-0.3, -0.25) is 0 Å². The number of halogens is 1. The van der Waals surface area contributed by atoms with Crippen LogP contribution in [0.3, 0.4) is 0 Å². The molecule has 6 nitrogen and oxygen atoms in total. The highest BCUT2D eigenvalue weighted by atomic mass is 127. The first-order valence-electron chi connectivity index (χ1n) is 8.06. The van der Waals surface area contributed by atoms with Crippen LogP contribution in [0.25, 0.3) is 0 Å². The third-order valence-corrected chi connectivity index (χ3v) is 4.89. The molecule has 23 heavy (non-hydrogen) atoms. The molecule has 7 heteroatoms. The van der Waals surface area contributed by atoms with Crippen LogP contribution in [0.1, 0.15) is 33.6 Å². The van der Waals surface area contributed by atoms with E-state index in [1.165, 1.54) is 0 Å². The smallest absolute Gasteiger partial charge is 0.410 e. The van der Waals surface area contributed by atoms with E-state index in [4.69, 9.17) is 18.9 Å². The number of nitrogens with zero attached hydrogens (tertiary/aromatic N) is 1. The average Bonchev–Trinajstić information content (AvgIpc) is 2.49. The number of carbonyl (C=O) groups is 1. The van der Waals surface area contributed by atoms with E-state index in [1.807, 2.05) is 20.8 Å². The minimum Gasteiger partial charge on any atom is -0.444 e. The Morgan fingerprint density at radius 2 is 1.91 bits per heavy atom. The Kier molecular flexibility index (Phi) is 9.10. The molecular formula is C16H30INO5. The maximum Gasteiger partial charge on any atom is 0.410 e. The summed E-state index contributed by atoms with van der Waals surface area (Å²) < 4.78 is 22.8. The molecule has 136 valence electrons. The maximum atomic E-state index is 12.3. The van der Waals surface area contributed by atoms with Crippen molar-refractivity contribution in [2.45, 2.75) is 44.8 Å². The van der Waals surface area contributed by atoms with Crippen LogP contribution in [0, 0.1) is 0 Å². The first-order valence-corrected chi connectivity index (χ1v) is 9.59. The summed E-state index contributed by atoms with van der Waals surface area (Å²) in [7, 11) is 1.65. The molecule has 1 heterocycles. The van der Waals surface area contributed by atoms with Crippen molar-refractivity contribution in [3.8, 4) is 0 Å². The predicted molar refractivity (Wildman–Crippen MR) is 97.3 cm³/mol. The lowest BCUT2D eigenvalue weighted by Crippen LogP contribution is -2.54. The van der Waals surface area contributed by atoms with E-state index in [2.05, 4.69) is 22.6 Å². The normalized spacial score (nSPS) is 22.2. The zero-order valence-electron chi connectivity index (χ0n) is 14.7. The van der Waals surface area contributed by atoms with Crippen LogP contribution in [0.5, 0.6) is 0 Å². The molecule has 1 fully saturated rings. The van der Waals surface area contributed by atoms with Crippen LogP contribution in [0.4, 0.5) is 4.79 Å².